The number of hydrogen-bond donors (Lipinski definition) is 3. The second-order valence-corrected chi connectivity index (χ2v) is 5.25. The summed E-state index contributed by atoms with van der Waals surface area (Å²) >= 11 is 0. The molecule has 0 radical (unpaired) electrons. The largest absolute Gasteiger partial charge is 0.384 e. The van der Waals surface area contributed by atoms with Gasteiger partial charge in [0.15, 0.2) is 5.96 Å². The molecule has 2 rings (SSSR count). The lowest BCUT2D eigenvalue weighted by Gasteiger charge is -2.22. The normalized spacial score (nSPS) is 18.8. The van der Waals surface area contributed by atoms with Crippen LogP contribution in [-0.4, -0.2) is 30.2 Å². The van der Waals surface area contributed by atoms with Gasteiger partial charge in [0.2, 0.25) is 0 Å². The van der Waals surface area contributed by atoms with Crippen LogP contribution < -0.4 is 10.6 Å². The Morgan fingerprint density at radius 1 is 1.37 bits per heavy atom. The van der Waals surface area contributed by atoms with Crippen molar-refractivity contribution in [1.82, 2.24) is 10.6 Å². The van der Waals surface area contributed by atoms with E-state index in [4.69, 9.17) is 0 Å². The molecule has 0 bridgehead atoms. The Morgan fingerprint density at radius 2 is 2.05 bits per heavy atom. The molecule has 1 atom stereocenters. The fraction of sp³-hybridized carbons (Fsp3) is 0.533. The van der Waals surface area contributed by atoms with Crippen molar-refractivity contribution in [3.05, 3.63) is 35.9 Å². The number of guanidine groups is 1. The maximum atomic E-state index is 10.5. The molecule has 4 heteroatoms. The molecule has 1 aliphatic carbocycles. The van der Waals surface area contributed by atoms with Gasteiger partial charge in [0.25, 0.3) is 0 Å². The van der Waals surface area contributed by atoms with Crippen molar-refractivity contribution in [2.24, 2.45) is 4.99 Å². The summed E-state index contributed by atoms with van der Waals surface area (Å²) in [6.07, 6.45) is 2.42. The van der Waals surface area contributed by atoms with Crippen molar-refractivity contribution in [2.45, 2.75) is 38.3 Å². The Bertz CT molecular complexity index is 424. The smallest absolute Gasteiger partial charge is 0.191 e. The molecule has 0 saturated heterocycles. The van der Waals surface area contributed by atoms with E-state index >= 15 is 0 Å². The number of rotatable bonds is 5. The molecule has 1 fully saturated rings. The van der Waals surface area contributed by atoms with Crippen molar-refractivity contribution < 1.29 is 5.11 Å². The molecule has 1 aromatic carbocycles. The molecule has 3 N–H and O–H groups in total. The Labute approximate surface area is 114 Å². The van der Waals surface area contributed by atoms with Gasteiger partial charge in [-0.3, -0.25) is 0 Å². The summed E-state index contributed by atoms with van der Waals surface area (Å²) in [7, 11) is 0. The molecule has 0 amide bonds. The Morgan fingerprint density at radius 3 is 2.63 bits per heavy atom. The molecule has 19 heavy (non-hydrogen) atoms. The summed E-state index contributed by atoms with van der Waals surface area (Å²) in [5.41, 5.74) is -0.0475. The third kappa shape index (κ3) is 4.24. The summed E-state index contributed by atoms with van der Waals surface area (Å²) < 4.78 is 0. The zero-order valence-electron chi connectivity index (χ0n) is 11.7. The number of nitrogens with zero attached hydrogens (tertiary/aromatic N) is 1. The van der Waals surface area contributed by atoms with Crippen molar-refractivity contribution in [3.8, 4) is 0 Å². The van der Waals surface area contributed by atoms with Crippen LogP contribution in [0.5, 0.6) is 0 Å². The molecule has 1 unspecified atom stereocenters. The quantitative estimate of drug-likeness (QED) is 0.557. The second-order valence-electron chi connectivity index (χ2n) is 5.25. The van der Waals surface area contributed by atoms with Crippen LogP contribution in [0.4, 0.5) is 0 Å². The van der Waals surface area contributed by atoms with E-state index < -0.39 is 5.60 Å². The third-order valence-electron chi connectivity index (χ3n) is 3.20. The number of aliphatic hydroxyl groups is 1. The highest BCUT2D eigenvalue weighted by Gasteiger charge is 2.25. The minimum Gasteiger partial charge on any atom is -0.384 e. The molecule has 1 aromatic rings. The predicted molar refractivity (Wildman–Crippen MR) is 78.1 cm³/mol. The highest BCUT2D eigenvalue weighted by molar-refractivity contribution is 5.80. The van der Waals surface area contributed by atoms with Gasteiger partial charge in [-0.2, -0.15) is 0 Å². The van der Waals surface area contributed by atoms with Crippen LogP contribution in [0.25, 0.3) is 0 Å². The van der Waals surface area contributed by atoms with Gasteiger partial charge in [-0.05, 0) is 32.3 Å². The van der Waals surface area contributed by atoms with Crippen molar-refractivity contribution in [1.29, 1.82) is 0 Å². The lowest BCUT2D eigenvalue weighted by molar-refractivity contribution is 0.0672. The zero-order chi connectivity index (χ0) is 13.7. The molecule has 0 heterocycles. The van der Waals surface area contributed by atoms with Gasteiger partial charge in [0.1, 0.15) is 5.60 Å². The molecule has 0 aromatic heterocycles. The van der Waals surface area contributed by atoms with E-state index in [1.54, 1.807) is 6.92 Å². The maximum Gasteiger partial charge on any atom is 0.191 e. The summed E-state index contributed by atoms with van der Waals surface area (Å²) in [6, 6.07) is 10.2. The van der Waals surface area contributed by atoms with Crippen LogP contribution in [0.2, 0.25) is 0 Å². The topological polar surface area (TPSA) is 56.7 Å². The monoisotopic (exact) mass is 261 g/mol. The van der Waals surface area contributed by atoms with E-state index in [9.17, 15) is 5.11 Å². The van der Waals surface area contributed by atoms with Crippen molar-refractivity contribution >= 4 is 5.96 Å². The van der Waals surface area contributed by atoms with Crippen LogP contribution in [0, 0.1) is 0 Å². The van der Waals surface area contributed by atoms with Gasteiger partial charge in [0.05, 0.1) is 6.54 Å². The average Bonchev–Trinajstić information content (AvgIpc) is 3.21. The first-order valence-electron chi connectivity index (χ1n) is 6.94. The predicted octanol–water partition coefficient (Wildman–Crippen LogP) is 1.61. The van der Waals surface area contributed by atoms with Gasteiger partial charge >= 0.3 is 0 Å². The average molecular weight is 261 g/mol. The van der Waals surface area contributed by atoms with Crippen LogP contribution >= 0.6 is 0 Å². The standard InChI is InChI=1S/C15H23N3O/c1-3-16-14(18-13-9-10-13)17-11-15(2,19)12-7-5-4-6-8-12/h4-8,13,19H,3,9-11H2,1-2H3,(H2,16,17,18). The highest BCUT2D eigenvalue weighted by atomic mass is 16.3. The summed E-state index contributed by atoms with van der Waals surface area (Å²) in [5, 5.41) is 17.0. The molecule has 0 aliphatic heterocycles. The van der Waals surface area contributed by atoms with E-state index in [1.807, 2.05) is 37.3 Å². The fourth-order valence-electron chi connectivity index (χ4n) is 1.86. The Kier molecular flexibility index (Phi) is 4.43. The molecule has 1 aliphatic rings. The molecular weight excluding hydrogens is 238 g/mol. The first-order valence-corrected chi connectivity index (χ1v) is 6.94. The lowest BCUT2D eigenvalue weighted by atomic mass is 9.96. The number of nitrogens with one attached hydrogen (secondary N) is 2. The SMILES string of the molecule is CCNC(=NCC(C)(O)c1ccccc1)NC1CC1. The molecule has 4 nitrogen and oxygen atoms in total. The van der Waals surface area contributed by atoms with E-state index in [1.165, 1.54) is 12.8 Å². The van der Waals surface area contributed by atoms with Gasteiger partial charge in [-0.1, -0.05) is 30.3 Å². The lowest BCUT2D eigenvalue weighted by Crippen LogP contribution is -2.39. The highest BCUT2D eigenvalue weighted by Crippen LogP contribution is 2.21. The maximum absolute atomic E-state index is 10.5. The third-order valence-corrected chi connectivity index (χ3v) is 3.20. The van der Waals surface area contributed by atoms with Crippen molar-refractivity contribution in [3.63, 3.8) is 0 Å². The first kappa shape index (κ1) is 13.9. The minimum atomic E-state index is -0.937. The van der Waals surface area contributed by atoms with Gasteiger partial charge in [0, 0.05) is 12.6 Å². The molecular formula is C15H23N3O. The van der Waals surface area contributed by atoms with E-state index in [2.05, 4.69) is 15.6 Å². The van der Waals surface area contributed by atoms with Gasteiger partial charge < -0.3 is 15.7 Å². The van der Waals surface area contributed by atoms with E-state index in [0.717, 1.165) is 18.1 Å². The van der Waals surface area contributed by atoms with E-state index in [0.29, 0.717) is 12.6 Å². The van der Waals surface area contributed by atoms with Crippen LogP contribution in [-0.2, 0) is 5.60 Å². The van der Waals surface area contributed by atoms with Crippen LogP contribution in [0.15, 0.2) is 35.3 Å². The van der Waals surface area contributed by atoms with Gasteiger partial charge in [-0.15, -0.1) is 0 Å². The molecule has 104 valence electrons. The minimum absolute atomic E-state index is 0.346. The number of hydrogen-bond acceptors (Lipinski definition) is 2. The first-order chi connectivity index (χ1) is 9.12. The Hall–Kier alpha value is -1.55. The van der Waals surface area contributed by atoms with Crippen LogP contribution in [0.3, 0.4) is 0 Å². The van der Waals surface area contributed by atoms with Crippen molar-refractivity contribution in [2.75, 3.05) is 13.1 Å². The van der Waals surface area contributed by atoms with Crippen LogP contribution in [0.1, 0.15) is 32.3 Å². The summed E-state index contributed by atoms with van der Waals surface area (Å²) in [4.78, 5) is 4.49. The fourth-order valence-corrected chi connectivity index (χ4v) is 1.86. The molecule has 1 saturated carbocycles. The second kappa shape index (κ2) is 6.06. The summed E-state index contributed by atoms with van der Waals surface area (Å²) in [6.45, 7) is 5.01. The zero-order valence-corrected chi connectivity index (χ0v) is 11.7. The van der Waals surface area contributed by atoms with E-state index in [-0.39, 0.29) is 0 Å². The number of aliphatic imine (C=N–C) groups is 1. The number of benzene rings is 1. The summed E-state index contributed by atoms with van der Waals surface area (Å²) in [5.74, 6) is 0.793. The Balaban J connectivity index is 2.00. The molecule has 0 spiro atoms. The van der Waals surface area contributed by atoms with Gasteiger partial charge in [-0.25, -0.2) is 4.99 Å².